The van der Waals surface area contributed by atoms with Crippen LogP contribution in [0.2, 0.25) is 0 Å². The highest BCUT2D eigenvalue weighted by Crippen LogP contribution is 2.13. The van der Waals surface area contributed by atoms with Gasteiger partial charge < -0.3 is 5.32 Å². The summed E-state index contributed by atoms with van der Waals surface area (Å²) >= 11 is 0. The Hall–Kier alpha value is -2.85. The molecule has 0 radical (unpaired) electrons. The van der Waals surface area contributed by atoms with Crippen LogP contribution in [0.25, 0.3) is 0 Å². The second kappa shape index (κ2) is 5.47. The number of nitriles is 2. The summed E-state index contributed by atoms with van der Waals surface area (Å²) in [5, 5.41) is 20.8. The smallest absolute Gasteiger partial charge is 0.101 e. The monoisotopic (exact) mass is 234 g/mol. The maximum atomic E-state index is 8.93. The van der Waals surface area contributed by atoms with Crippen LogP contribution in [0.4, 0.5) is 5.69 Å². The lowest BCUT2D eigenvalue weighted by atomic mass is 10.1. The van der Waals surface area contributed by atoms with Crippen molar-refractivity contribution in [3.8, 4) is 12.1 Å². The van der Waals surface area contributed by atoms with Gasteiger partial charge in [-0.3, -0.25) is 4.98 Å². The summed E-state index contributed by atoms with van der Waals surface area (Å²) in [6, 6.07) is 13.1. The zero-order valence-electron chi connectivity index (χ0n) is 9.59. The minimum atomic E-state index is 0.568. The first-order valence-electron chi connectivity index (χ1n) is 5.40. The molecule has 4 heteroatoms. The standard InChI is InChI=1S/C14H10N4/c15-7-11-1-3-12(4-2-11)9-18-14-10-17-6-5-13(14)8-16/h1-6,10,18H,9H2. The summed E-state index contributed by atoms with van der Waals surface area (Å²) in [6.07, 6.45) is 3.22. The largest absolute Gasteiger partial charge is 0.379 e. The summed E-state index contributed by atoms with van der Waals surface area (Å²) in [7, 11) is 0. The Labute approximate surface area is 105 Å². The fourth-order valence-corrected chi connectivity index (χ4v) is 1.53. The summed E-state index contributed by atoms with van der Waals surface area (Å²) < 4.78 is 0. The molecule has 0 aliphatic carbocycles. The first kappa shape index (κ1) is 11.6. The van der Waals surface area contributed by atoms with E-state index in [0.29, 0.717) is 23.4 Å². The van der Waals surface area contributed by atoms with Crippen molar-refractivity contribution in [3.63, 3.8) is 0 Å². The van der Waals surface area contributed by atoms with Crippen molar-refractivity contribution in [1.29, 1.82) is 10.5 Å². The van der Waals surface area contributed by atoms with Gasteiger partial charge in [-0.25, -0.2) is 0 Å². The van der Waals surface area contributed by atoms with E-state index >= 15 is 0 Å². The van der Waals surface area contributed by atoms with Crippen LogP contribution < -0.4 is 5.32 Å². The van der Waals surface area contributed by atoms with Crippen LogP contribution in [0.3, 0.4) is 0 Å². The van der Waals surface area contributed by atoms with Crippen molar-refractivity contribution in [3.05, 3.63) is 59.4 Å². The number of nitrogens with one attached hydrogen (secondary N) is 1. The van der Waals surface area contributed by atoms with Gasteiger partial charge in [-0.1, -0.05) is 12.1 Å². The lowest BCUT2D eigenvalue weighted by molar-refractivity contribution is 1.13. The van der Waals surface area contributed by atoms with Crippen LogP contribution in [0.5, 0.6) is 0 Å². The zero-order valence-corrected chi connectivity index (χ0v) is 9.59. The molecule has 18 heavy (non-hydrogen) atoms. The predicted octanol–water partition coefficient (Wildman–Crippen LogP) is 2.44. The van der Waals surface area contributed by atoms with E-state index in [1.54, 1.807) is 30.6 Å². The molecule has 0 amide bonds. The van der Waals surface area contributed by atoms with Crippen LogP contribution >= 0.6 is 0 Å². The summed E-state index contributed by atoms with van der Waals surface area (Å²) in [5.41, 5.74) is 2.96. The average Bonchev–Trinajstić information content (AvgIpc) is 2.46. The molecular weight excluding hydrogens is 224 g/mol. The van der Waals surface area contributed by atoms with E-state index in [-0.39, 0.29) is 0 Å². The third-order valence-electron chi connectivity index (χ3n) is 2.51. The molecule has 0 spiro atoms. The van der Waals surface area contributed by atoms with Gasteiger partial charge in [0, 0.05) is 12.7 Å². The molecule has 0 saturated heterocycles. The van der Waals surface area contributed by atoms with Crippen LogP contribution in [-0.2, 0) is 6.54 Å². The Morgan fingerprint density at radius 3 is 2.50 bits per heavy atom. The molecule has 0 aliphatic rings. The maximum Gasteiger partial charge on any atom is 0.101 e. The number of pyridine rings is 1. The fourth-order valence-electron chi connectivity index (χ4n) is 1.53. The van der Waals surface area contributed by atoms with Gasteiger partial charge in [0.1, 0.15) is 6.07 Å². The van der Waals surface area contributed by atoms with Gasteiger partial charge in [-0.15, -0.1) is 0 Å². The minimum absolute atomic E-state index is 0.568. The first-order valence-corrected chi connectivity index (χ1v) is 5.40. The van der Waals surface area contributed by atoms with Gasteiger partial charge in [-0.2, -0.15) is 10.5 Å². The molecular formula is C14H10N4. The number of hydrogen-bond acceptors (Lipinski definition) is 4. The maximum absolute atomic E-state index is 8.93. The molecule has 0 unspecified atom stereocenters. The Bertz CT molecular complexity index is 617. The van der Waals surface area contributed by atoms with Crippen molar-refractivity contribution in [2.45, 2.75) is 6.54 Å². The highest BCUT2D eigenvalue weighted by Gasteiger charge is 2.00. The minimum Gasteiger partial charge on any atom is -0.379 e. The number of hydrogen-bond donors (Lipinski definition) is 1. The second-order valence-electron chi connectivity index (χ2n) is 3.70. The van der Waals surface area contributed by atoms with Crippen molar-refractivity contribution in [1.82, 2.24) is 4.98 Å². The van der Waals surface area contributed by atoms with Gasteiger partial charge >= 0.3 is 0 Å². The van der Waals surface area contributed by atoms with Crippen molar-refractivity contribution in [2.75, 3.05) is 5.32 Å². The van der Waals surface area contributed by atoms with Gasteiger partial charge in [0.2, 0.25) is 0 Å². The molecule has 0 saturated carbocycles. The van der Waals surface area contributed by atoms with E-state index in [4.69, 9.17) is 10.5 Å². The zero-order chi connectivity index (χ0) is 12.8. The Kier molecular flexibility index (Phi) is 3.53. The van der Waals surface area contributed by atoms with Crippen molar-refractivity contribution < 1.29 is 0 Å². The summed E-state index contributed by atoms with van der Waals surface area (Å²) in [5.74, 6) is 0. The van der Waals surface area contributed by atoms with Crippen LogP contribution in [0, 0.1) is 22.7 Å². The SMILES string of the molecule is N#Cc1ccc(CNc2cnccc2C#N)cc1. The summed E-state index contributed by atoms with van der Waals surface area (Å²) in [6.45, 7) is 0.589. The van der Waals surface area contributed by atoms with Crippen LogP contribution in [-0.4, -0.2) is 4.98 Å². The normalized spacial score (nSPS) is 9.22. The molecule has 0 aliphatic heterocycles. The van der Waals surface area contributed by atoms with Gasteiger partial charge in [0.15, 0.2) is 0 Å². The van der Waals surface area contributed by atoms with E-state index in [2.05, 4.69) is 22.4 Å². The average molecular weight is 234 g/mol. The molecule has 0 atom stereocenters. The van der Waals surface area contributed by atoms with Gasteiger partial charge in [0.05, 0.1) is 29.1 Å². The molecule has 1 heterocycles. The van der Waals surface area contributed by atoms with E-state index in [1.807, 2.05) is 12.1 Å². The first-order chi connectivity index (χ1) is 8.83. The van der Waals surface area contributed by atoms with Gasteiger partial charge in [-0.05, 0) is 23.8 Å². The van der Waals surface area contributed by atoms with Crippen molar-refractivity contribution in [2.24, 2.45) is 0 Å². The van der Waals surface area contributed by atoms with E-state index in [1.165, 1.54) is 0 Å². The Balaban J connectivity index is 2.07. The van der Waals surface area contributed by atoms with E-state index in [9.17, 15) is 0 Å². The quantitative estimate of drug-likeness (QED) is 0.885. The van der Waals surface area contributed by atoms with Crippen LogP contribution in [0.1, 0.15) is 16.7 Å². The van der Waals surface area contributed by atoms with Crippen molar-refractivity contribution >= 4 is 5.69 Å². The lowest BCUT2D eigenvalue weighted by Gasteiger charge is -2.07. The highest BCUT2D eigenvalue weighted by atomic mass is 14.9. The molecule has 2 aromatic rings. The molecule has 1 aromatic carbocycles. The fraction of sp³-hybridized carbons (Fsp3) is 0.0714. The highest BCUT2D eigenvalue weighted by molar-refractivity contribution is 5.55. The third kappa shape index (κ3) is 2.63. The Morgan fingerprint density at radius 1 is 1.06 bits per heavy atom. The summed E-state index contributed by atoms with van der Waals surface area (Å²) in [4.78, 5) is 3.98. The number of aromatic nitrogens is 1. The molecule has 0 bridgehead atoms. The molecule has 2 rings (SSSR count). The number of anilines is 1. The number of rotatable bonds is 3. The molecule has 4 nitrogen and oxygen atoms in total. The molecule has 86 valence electrons. The van der Waals surface area contributed by atoms with Crippen LogP contribution in [0.15, 0.2) is 42.7 Å². The second-order valence-corrected chi connectivity index (χ2v) is 3.70. The number of nitrogens with zero attached hydrogens (tertiary/aromatic N) is 3. The topological polar surface area (TPSA) is 72.5 Å². The lowest BCUT2D eigenvalue weighted by Crippen LogP contribution is -2.01. The van der Waals surface area contributed by atoms with E-state index < -0.39 is 0 Å². The Morgan fingerprint density at radius 2 is 1.83 bits per heavy atom. The number of benzene rings is 1. The third-order valence-corrected chi connectivity index (χ3v) is 2.51. The van der Waals surface area contributed by atoms with Gasteiger partial charge in [0.25, 0.3) is 0 Å². The predicted molar refractivity (Wildman–Crippen MR) is 67.4 cm³/mol. The molecule has 1 aromatic heterocycles. The molecule has 1 N–H and O–H groups in total. The molecule has 0 fully saturated rings. The van der Waals surface area contributed by atoms with E-state index in [0.717, 1.165) is 5.56 Å².